The van der Waals surface area contributed by atoms with Gasteiger partial charge in [-0.2, -0.15) is 0 Å². The predicted octanol–water partition coefficient (Wildman–Crippen LogP) is 3.31. The molecule has 1 saturated heterocycles. The van der Waals surface area contributed by atoms with Crippen molar-refractivity contribution in [2.75, 3.05) is 13.1 Å². The maximum Gasteiger partial charge on any atom is 0.311 e. The molecule has 20 heavy (non-hydrogen) atoms. The van der Waals surface area contributed by atoms with Gasteiger partial charge in [0.1, 0.15) is 0 Å². The fourth-order valence-corrected chi connectivity index (χ4v) is 3.37. The number of likely N-dealkylation sites (tertiary alicyclic amines) is 1. The molecule has 1 atom stereocenters. The van der Waals surface area contributed by atoms with E-state index in [0.29, 0.717) is 25.9 Å². The Balaban J connectivity index is 2.73. The van der Waals surface area contributed by atoms with Gasteiger partial charge in [0, 0.05) is 19.0 Å². The van der Waals surface area contributed by atoms with E-state index in [1.54, 1.807) is 4.90 Å². The Morgan fingerprint density at radius 1 is 1.15 bits per heavy atom. The number of carboxylic acid groups (broad SMARTS) is 1. The molecule has 116 valence electrons. The minimum atomic E-state index is -0.739. The van der Waals surface area contributed by atoms with E-state index < -0.39 is 11.4 Å². The monoisotopic (exact) mass is 283 g/mol. The first-order valence-corrected chi connectivity index (χ1v) is 8.03. The van der Waals surface area contributed by atoms with Gasteiger partial charge in [0.15, 0.2) is 0 Å². The van der Waals surface area contributed by atoms with E-state index in [1.807, 2.05) is 6.92 Å². The fourth-order valence-electron chi connectivity index (χ4n) is 3.37. The quantitative estimate of drug-likeness (QED) is 0.743. The Labute approximate surface area is 122 Å². The first-order valence-electron chi connectivity index (χ1n) is 8.03. The molecule has 1 unspecified atom stereocenters. The van der Waals surface area contributed by atoms with Gasteiger partial charge in [-0.05, 0) is 25.7 Å². The summed E-state index contributed by atoms with van der Waals surface area (Å²) in [7, 11) is 0. The molecule has 0 saturated carbocycles. The number of aliphatic carboxylic acids is 1. The van der Waals surface area contributed by atoms with E-state index >= 15 is 0 Å². The summed E-state index contributed by atoms with van der Waals surface area (Å²) < 4.78 is 0. The van der Waals surface area contributed by atoms with Crippen molar-refractivity contribution in [2.24, 2.45) is 11.3 Å². The lowest BCUT2D eigenvalue weighted by Crippen LogP contribution is -2.39. The standard InChI is InChI=1S/C16H29NO3/c1-4-7-13(8-5-2)14(18)17-11-10-16(12-17,9-6-3)15(19)20/h13H,4-12H2,1-3H3,(H,19,20). The summed E-state index contributed by atoms with van der Waals surface area (Å²) >= 11 is 0. The lowest BCUT2D eigenvalue weighted by molar-refractivity contribution is -0.149. The van der Waals surface area contributed by atoms with Crippen LogP contribution in [-0.2, 0) is 9.59 Å². The molecule has 1 heterocycles. The molecular weight excluding hydrogens is 254 g/mol. The molecule has 1 fully saturated rings. The van der Waals surface area contributed by atoms with E-state index in [0.717, 1.165) is 32.1 Å². The van der Waals surface area contributed by atoms with Crippen molar-refractivity contribution < 1.29 is 14.7 Å². The van der Waals surface area contributed by atoms with Crippen LogP contribution in [0.2, 0.25) is 0 Å². The van der Waals surface area contributed by atoms with Crippen LogP contribution < -0.4 is 0 Å². The largest absolute Gasteiger partial charge is 0.481 e. The average molecular weight is 283 g/mol. The van der Waals surface area contributed by atoms with Gasteiger partial charge in [0.25, 0.3) is 0 Å². The average Bonchev–Trinajstić information content (AvgIpc) is 2.84. The van der Waals surface area contributed by atoms with Crippen molar-refractivity contribution in [3.8, 4) is 0 Å². The van der Waals surface area contributed by atoms with Crippen LogP contribution in [0.3, 0.4) is 0 Å². The molecule has 0 spiro atoms. The Kier molecular flexibility index (Phi) is 6.50. The molecule has 1 amide bonds. The van der Waals surface area contributed by atoms with E-state index in [2.05, 4.69) is 13.8 Å². The molecule has 1 aliphatic heterocycles. The zero-order valence-electron chi connectivity index (χ0n) is 13.2. The van der Waals surface area contributed by atoms with Crippen LogP contribution in [0.5, 0.6) is 0 Å². The highest BCUT2D eigenvalue weighted by Gasteiger charge is 2.46. The van der Waals surface area contributed by atoms with Crippen LogP contribution in [0.4, 0.5) is 0 Å². The molecule has 0 aromatic carbocycles. The second-order valence-electron chi connectivity index (χ2n) is 6.12. The van der Waals surface area contributed by atoms with Crippen molar-refractivity contribution in [3.05, 3.63) is 0 Å². The minimum absolute atomic E-state index is 0.0798. The smallest absolute Gasteiger partial charge is 0.311 e. The fraction of sp³-hybridized carbons (Fsp3) is 0.875. The summed E-state index contributed by atoms with van der Waals surface area (Å²) in [6.07, 6.45) is 5.95. The van der Waals surface area contributed by atoms with Gasteiger partial charge in [-0.15, -0.1) is 0 Å². The Morgan fingerprint density at radius 2 is 1.75 bits per heavy atom. The zero-order chi connectivity index (χ0) is 15.2. The second kappa shape index (κ2) is 7.65. The number of nitrogens with zero attached hydrogens (tertiary/aromatic N) is 1. The van der Waals surface area contributed by atoms with Gasteiger partial charge in [0.2, 0.25) is 5.91 Å². The molecule has 4 heteroatoms. The molecule has 1 N–H and O–H groups in total. The van der Waals surface area contributed by atoms with Gasteiger partial charge in [-0.3, -0.25) is 9.59 Å². The highest BCUT2D eigenvalue weighted by atomic mass is 16.4. The van der Waals surface area contributed by atoms with Crippen molar-refractivity contribution in [3.63, 3.8) is 0 Å². The SMILES string of the molecule is CCCC(CCC)C(=O)N1CCC(CCC)(C(=O)O)C1. The summed E-state index contributed by atoms with van der Waals surface area (Å²) in [5, 5.41) is 9.50. The number of amides is 1. The van der Waals surface area contributed by atoms with Crippen molar-refractivity contribution in [1.29, 1.82) is 0 Å². The highest BCUT2D eigenvalue weighted by Crippen LogP contribution is 2.36. The van der Waals surface area contributed by atoms with Crippen molar-refractivity contribution in [2.45, 2.75) is 65.7 Å². The number of rotatable bonds is 8. The van der Waals surface area contributed by atoms with E-state index in [1.165, 1.54) is 0 Å². The molecular formula is C16H29NO3. The van der Waals surface area contributed by atoms with Crippen LogP contribution >= 0.6 is 0 Å². The molecule has 1 rings (SSSR count). The van der Waals surface area contributed by atoms with Gasteiger partial charge < -0.3 is 10.0 Å². The lowest BCUT2D eigenvalue weighted by Gasteiger charge is -2.26. The normalized spacial score (nSPS) is 22.5. The van der Waals surface area contributed by atoms with E-state index in [9.17, 15) is 14.7 Å². The predicted molar refractivity (Wildman–Crippen MR) is 79.5 cm³/mol. The molecule has 4 nitrogen and oxygen atoms in total. The van der Waals surface area contributed by atoms with Gasteiger partial charge in [-0.1, -0.05) is 40.0 Å². The van der Waals surface area contributed by atoms with Crippen LogP contribution in [0.25, 0.3) is 0 Å². The third kappa shape index (κ3) is 3.74. The molecule has 0 aromatic rings. The Hall–Kier alpha value is -1.06. The summed E-state index contributed by atoms with van der Waals surface area (Å²) in [6, 6.07) is 0. The van der Waals surface area contributed by atoms with Gasteiger partial charge in [-0.25, -0.2) is 0 Å². The first-order chi connectivity index (χ1) is 9.50. The van der Waals surface area contributed by atoms with Crippen molar-refractivity contribution in [1.82, 2.24) is 4.90 Å². The van der Waals surface area contributed by atoms with Gasteiger partial charge in [0.05, 0.1) is 5.41 Å². The van der Waals surface area contributed by atoms with Crippen LogP contribution in [0.1, 0.15) is 65.7 Å². The van der Waals surface area contributed by atoms with Gasteiger partial charge >= 0.3 is 5.97 Å². The lowest BCUT2D eigenvalue weighted by atomic mass is 9.82. The zero-order valence-corrected chi connectivity index (χ0v) is 13.2. The number of carboxylic acids is 1. The number of carbonyl (C=O) groups is 2. The third-order valence-corrected chi connectivity index (χ3v) is 4.47. The summed E-state index contributed by atoms with van der Waals surface area (Å²) in [4.78, 5) is 25.9. The van der Waals surface area contributed by atoms with Crippen LogP contribution in [0.15, 0.2) is 0 Å². The highest BCUT2D eigenvalue weighted by molar-refractivity contribution is 5.82. The molecule has 1 aliphatic rings. The van der Waals surface area contributed by atoms with Crippen LogP contribution in [-0.4, -0.2) is 35.0 Å². The topological polar surface area (TPSA) is 57.6 Å². The Bertz CT molecular complexity index is 337. The molecule has 0 aliphatic carbocycles. The first kappa shape index (κ1) is 17.0. The third-order valence-electron chi connectivity index (χ3n) is 4.47. The summed E-state index contributed by atoms with van der Waals surface area (Å²) in [6.45, 7) is 7.21. The minimum Gasteiger partial charge on any atom is -0.481 e. The number of hydrogen-bond acceptors (Lipinski definition) is 2. The summed E-state index contributed by atoms with van der Waals surface area (Å²) in [5.74, 6) is -0.485. The maximum absolute atomic E-state index is 12.6. The molecule has 0 radical (unpaired) electrons. The van der Waals surface area contributed by atoms with Crippen molar-refractivity contribution >= 4 is 11.9 Å². The second-order valence-corrected chi connectivity index (χ2v) is 6.12. The number of hydrogen-bond donors (Lipinski definition) is 1. The summed E-state index contributed by atoms with van der Waals surface area (Å²) in [5.41, 5.74) is -0.701. The molecule has 0 bridgehead atoms. The van der Waals surface area contributed by atoms with E-state index in [4.69, 9.17) is 0 Å². The van der Waals surface area contributed by atoms with Crippen LogP contribution in [0, 0.1) is 11.3 Å². The Morgan fingerprint density at radius 3 is 2.20 bits per heavy atom. The molecule has 0 aromatic heterocycles. The number of carbonyl (C=O) groups excluding carboxylic acids is 1. The maximum atomic E-state index is 12.6. The van der Waals surface area contributed by atoms with E-state index in [-0.39, 0.29) is 11.8 Å².